The smallest absolute Gasteiger partial charge is 0.262 e. The Kier molecular flexibility index (Phi) is 6.87. The zero-order valence-electron chi connectivity index (χ0n) is 15.2. The van der Waals surface area contributed by atoms with Crippen molar-refractivity contribution in [2.45, 2.75) is 11.8 Å². The molecule has 0 aliphatic rings. The van der Waals surface area contributed by atoms with E-state index in [0.29, 0.717) is 11.5 Å². The van der Waals surface area contributed by atoms with Gasteiger partial charge in [0.25, 0.3) is 5.91 Å². The molecular weight excluding hydrogens is 390 g/mol. The van der Waals surface area contributed by atoms with Crippen LogP contribution in [0.5, 0.6) is 11.5 Å². The lowest BCUT2D eigenvalue weighted by Gasteiger charge is -2.12. The van der Waals surface area contributed by atoms with Crippen molar-refractivity contribution in [1.82, 2.24) is 0 Å². The lowest BCUT2D eigenvalue weighted by molar-refractivity contribution is -0.118. The molecule has 0 aromatic heterocycles. The number of hydrogen-bond acceptors (Lipinski definition) is 5. The van der Waals surface area contributed by atoms with Gasteiger partial charge in [0.05, 0.1) is 22.7 Å². The van der Waals surface area contributed by atoms with Gasteiger partial charge in [0.15, 0.2) is 27.9 Å². The second-order valence-electron chi connectivity index (χ2n) is 5.66. The molecule has 2 aromatic carbocycles. The van der Waals surface area contributed by atoms with E-state index in [1.165, 1.54) is 25.3 Å². The summed E-state index contributed by atoms with van der Waals surface area (Å²) in [5, 5.41) is 2.78. The summed E-state index contributed by atoms with van der Waals surface area (Å²) in [6.07, 6.45) is 4.89. The third kappa shape index (κ3) is 5.74. The number of hydrogen-bond donors (Lipinski definition) is 1. The van der Waals surface area contributed by atoms with Crippen LogP contribution in [0.1, 0.15) is 12.5 Å². The molecule has 27 heavy (non-hydrogen) atoms. The van der Waals surface area contributed by atoms with Crippen LogP contribution in [0.15, 0.2) is 47.4 Å². The van der Waals surface area contributed by atoms with Gasteiger partial charge in [0, 0.05) is 6.26 Å². The van der Waals surface area contributed by atoms with Crippen LogP contribution in [0, 0.1) is 0 Å². The van der Waals surface area contributed by atoms with Gasteiger partial charge in [-0.25, -0.2) is 8.42 Å². The molecule has 0 heterocycles. The minimum atomic E-state index is -3.41. The quantitative estimate of drug-likeness (QED) is 0.752. The first kappa shape index (κ1) is 20.8. The van der Waals surface area contributed by atoms with Crippen molar-refractivity contribution in [3.05, 3.63) is 53.1 Å². The molecule has 0 fully saturated rings. The van der Waals surface area contributed by atoms with Crippen LogP contribution in [0.2, 0.25) is 5.02 Å². The summed E-state index contributed by atoms with van der Waals surface area (Å²) in [4.78, 5) is 12.2. The minimum Gasteiger partial charge on any atom is -0.493 e. The fourth-order valence-electron chi connectivity index (χ4n) is 2.26. The highest BCUT2D eigenvalue weighted by molar-refractivity contribution is 7.90. The minimum absolute atomic E-state index is 0.0596. The fraction of sp³-hybridized carbons (Fsp3) is 0.211. The normalized spacial score (nSPS) is 11.4. The molecule has 2 aromatic rings. The van der Waals surface area contributed by atoms with Crippen LogP contribution in [0.25, 0.3) is 6.08 Å². The Hall–Kier alpha value is -2.51. The van der Waals surface area contributed by atoms with Crippen LogP contribution in [-0.2, 0) is 14.6 Å². The largest absolute Gasteiger partial charge is 0.493 e. The van der Waals surface area contributed by atoms with Gasteiger partial charge in [0.2, 0.25) is 0 Å². The highest BCUT2D eigenvalue weighted by Gasteiger charge is 2.13. The number of allylic oxidation sites excluding steroid dienone is 1. The number of amides is 1. The van der Waals surface area contributed by atoms with E-state index in [2.05, 4.69) is 5.32 Å². The molecule has 0 aliphatic carbocycles. The van der Waals surface area contributed by atoms with Crippen molar-refractivity contribution in [2.24, 2.45) is 0 Å². The van der Waals surface area contributed by atoms with E-state index in [-0.39, 0.29) is 22.2 Å². The van der Waals surface area contributed by atoms with E-state index < -0.39 is 15.7 Å². The molecule has 0 unspecified atom stereocenters. The monoisotopic (exact) mass is 409 g/mol. The molecule has 0 saturated carbocycles. The highest BCUT2D eigenvalue weighted by Crippen LogP contribution is 2.29. The molecule has 8 heteroatoms. The van der Waals surface area contributed by atoms with Crippen molar-refractivity contribution >= 4 is 39.1 Å². The number of nitrogens with one attached hydrogen (secondary N) is 1. The summed E-state index contributed by atoms with van der Waals surface area (Å²) < 4.78 is 34.1. The van der Waals surface area contributed by atoms with E-state index in [9.17, 15) is 13.2 Å². The highest BCUT2D eigenvalue weighted by atomic mass is 35.5. The maximum atomic E-state index is 12.2. The number of methoxy groups -OCH3 is 1. The average Bonchev–Trinajstić information content (AvgIpc) is 2.61. The molecule has 6 nitrogen and oxygen atoms in total. The Morgan fingerprint density at radius 1 is 1.19 bits per heavy atom. The average molecular weight is 410 g/mol. The lowest BCUT2D eigenvalue weighted by Crippen LogP contribution is -2.20. The van der Waals surface area contributed by atoms with Crippen molar-refractivity contribution in [2.75, 3.05) is 25.3 Å². The van der Waals surface area contributed by atoms with Crippen molar-refractivity contribution in [3.8, 4) is 11.5 Å². The first-order valence-corrected chi connectivity index (χ1v) is 10.2. The van der Waals surface area contributed by atoms with E-state index in [1.54, 1.807) is 12.1 Å². The zero-order chi connectivity index (χ0) is 20.0. The number of carbonyl (C=O) groups excluding carboxylic acids is 1. The number of halogens is 1. The second-order valence-corrected chi connectivity index (χ2v) is 8.08. The van der Waals surface area contributed by atoms with Gasteiger partial charge in [-0.2, -0.15) is 0 Å². The van der Waals surface area contributed by atoms with E-state index in [0.717, 1.165) is 11.8 Å². The SMILES string of the molecule is C/C=C/c1ccc(OCC(=O)Nc2cc(S(C)(=O)=O)ccc2Cl)c(OC)c1. The lowest BCUT2D eigenvalue weighted by atomic mass is 10.2. The van der Waals surface area contributed by atoms with Crippen LogP contribution < -0.4 is 14.8 Å². The third-order valence-electron chi connectivity index (χ3n) is 3.55. The first-order chi connectivity index (χ1) is 12.7. The summed E-state index contributed by atoms with van der Waals surface area (Å²) in [7, 11) is -1.90. The fourth-order valence-corrected chi connectivity index (χ4v) is 3.07. The van der Waals surface area contributed by atoms with Crippen LogP contribution in [0.3, 0.4) is 0 Å². The molecule has 0 aliphatic heterocycles. The van der Waals surface area contributed by atoms with Gasteiger partial charge in [-0.15, -0.1) is 0 Å². The van der Waals surface area contributed by atoms with Gasteiger partial charge >= 0.3 is 0 Å². The summed E-state index contributed by atoms with van der Waals surface area (Å²) in [6.45, 7) is 1.61. The third-order valence-corrected chi connectivity index (χ3v) is 4.99. The molecule has 144 valence electrons. The van der Waals surface area contributed by atoms with Crippen molar-refractivity contribution < 1.29 is 22.7 Å². The summed E-state index contributed by atoms with van der Waals surface area (Å²) >= 11 is 6.03. The van der Waals surface area contributed by atoms with Crippen molar-refractivity contribution in [1.29, 1.82) is 0 Å². The molecular formula is C19H20ClNO5S. The van der Waals surface area contributed by atoms with Gasteiger partial charge in [-0.1, -0.05) is 29.8 Å². The van der Waals surface area contributed by atoms with E-state index >= 15 is 0 Å². The van der Waals surface area contributed by atoms with Crippen LogP contribution in [-0.4, -0.2) is 34.3 Å². The zero-order valence-corrected chi connectivity index (χ0v) is 16.7. The molecule has 0 saturated heterocycles. The Bertz CT molecular complexity index is 970. The van der Waals surface area contributed by atoms with E-state index in [4.69, 9.17) is 21.1 Å². The van der Waals surface area contributed by atoms with Gasteiger partial charge in [-0.05, 0) is 42.8 Å². The Morgan fingerprint density at radius 2 is 1.93 bits per heavy atom. The standard InChI is InChI=1S/C19H20ClNO5S/c1-4-5-13-6-9-17(18(10-13)25-2)26-12-19(22)21-16-11-14(27(3,23)24)7-8-15(16)20/h4-11H,12H2,1-3H3,(H,21,22)/b5-4+. The Balaban J connectivity index is 2.09. The number of sulfone groups is 1. The van der Waals surface area contributed by atoms with Crippen LogP contribution in [0.4, 0.5) is 5.69 Å². The van der Waals surface area contributed by atoms with Crippen molar-refractivity contribution in [3.63, 3.8) is 0 Å². The molecule has 0 radical (unpaired) electrons. The predicted molar refractivity (Wildman–Crippen MR) is 106 cm³/mol. The van der Waals surface area contributed by atoms with Gasteiger partial charge in [0.1, 0.15) is 0 Å². The number of carbonyl (C=O) groups is 1. The second kappa shape index (κ2) is 8.92. The first-order valence-electron chi connectivity index (χ1n) is 7.97. The summed E-state index contributed by atoms with van der Waals surface area (Å²) in [5.74, 6) is 0.425. The molecule has 1 N–H and O–H groups in total. The summed E-state index contributed by atoms with van der Waals surface area (Å²) in [6, 6.07) is 9.43. The molecule has 1 amide bonds. The number of anilines is 1. The van der Waals surface area contributed by atoms with Gasteiger partial charge < -0.3 is 14.8 Å². The predicted octanol–water partition coefficient (Wildman–Crippen LogP) is 3.80. The molecule has 2 rings (SSSR count). The molecule has 0 spiro atoms. The maximum absolute atomic E-state index is 12.2. The Morgan fingerprint density at radius 3 is 2.56 bits per heavy atom. The number of benzene rings is 2. The van der Waals surface area contributed by atoms with Gasteiger partial charge in [-0.3, -0.25) is 4.79 Å². The Labute approximate surface area is 163 Å². The summed E-state index contributed by atoms with van der Waals surface area (Å²) in [5.41, 5.74) is 1.14. The number of ether oxygens (including phenoxy) is 2. The molecule has 0 bridgehead atoms. The maximum Gasteiger partial charge on any atom is 0.262 e. The topological polar surface area (TPSA) is 81.7 Å². The van der Waals surface area contributed by atoms with Crippen LogP contribution >= 0.6 is 11.6 Å². The number of rotatable bonds is 7. The van der Waals surface area contributed by atoms with E-state index in [1.807, 2.05) is 25.1 Å². The molecule has 0 atom stereocenters.